The van der Waals surface area contributed by atoms with Crippen LogP contribution in [0.2, 0.25) is 0 Å². The first-order chi connectivity index (χ1) is 14.6. The normalized spacial score (nSPS) is 19.6. The molecule has 5 heterocycles. The van der Waals surface area contributed by atoms with Gasteiger partial charge in [0.05, 0.1) is 4.88 Å². The molecule has 0 aromatic carbocycles. The molecule has 0 aliphatic carbocycles. The van der Waals surface area contributed by atoms with Gasteiger partial charge in [-0.05, 0) is 31.2 Å². The van der Waals surface area contributed by atoms with E-state index in [-0.39, 0.29) is 17.9 Å². The van der Waals surface area contributed by atoms with Crippen molar-refractivity contribution in [3.05, 3.63) is 40.5 Å². The Hall–Kier alpha value is -3.01. The molecule has 2 saturated heterocycles. The van der Waals surface area contributed by atoms with Gasteiger partial charge in [0.25, 0.3) is 11.7 Å². The Morgan fingerprint density at radius 3 is 2.77 bits per heavy atom. The Morgan fingerprint density at radius 2 is 2.00 bits per heavy atom. The fourth-order valence-corrected chi connectivity index (χ4v) is 4.99. The predicted molar refractivity (Wildman–Crippen MR) is 113 cm³/mol. The van der Waals surface area contributed by atoms with Crippen LogP contribution in [0.1, 0.15) is 28.2 Å². The standard InChI is InChI=1S/C20H23N7O2S/c1-14-12-17(27-20(23-14)21-13-22-27)24-7-9-25(10-8-24)18(28)15-4-2-6-26(15)19(29)16-5-3-11-30-16/h3,5,11-13,15H,2,4,6-10H2,1H3/t15-/m0/s1. The summed E-state index contributed by atoms with van der Waals surface area (Å²) >= 11 is 1.43. The molecule has 1 atom stereocenters. The molecular weight excluding hydrogens is 402 g/mol. The smallest absolute Gasteiger partial charge is 0.264 e. The molecule has 2 fully saturated rings. The Bertz CT molecular complexity index is 1070. The van der Waals surface area contributed by atoms with Crippen LogP contribution in [-0.4, -0.2) is 80.0 Å². The van der Waals surface area contributed by atoms with E-state index in [1.54, 1.807) is 9.42 Å². The van der Waals surface area contributed by atoms with Crippen molar-refractivity contribution < 1.29 is 9.59 Å². The highest BCUT2D eigenvalue weighted by Gasteiger charge is 2.38. The van der Waals surface area contributed by atoms with E-state index in [2.05, 4.69) is 20.0 Å². The minimum Gasteiger partial charge on any atom is -0.353 e. The Kier molecular flexibility index (Phi) is 4.86. The Labute approximate surface area is 177 Å². The van der Waals surface area contributed by atoms with Gasteiger partial charge >= 0.3 is 0 Å². The van der Waals surface area contributed by atoms with E-state index in [4.69, 9.17) is 0 Å². The summed E-state index contributed by atoms with van der Waals surface area (Å²) in [5.41, 5.74) is 0.887. The molecular formula is C20H23N7O2S. The fraction of sp³-hybridized carbons (Fsp3) is 0.450. The molecule has 2 amide bonds. The Morgan fingerprint density at radius 1 is 1.17 bits per heavy atom. The quantitative estimate of drug-likeness (QED) is 0.631. The first-order valence-electron chi connectivity index (χ1n) is 10.2. The number of carbonyl (C=O) groups excluding carboxylic acids is 2. The van der Waals surface area contributed by atoms with Crippen LogP contribution in [0.3, 0.4) is 0 Å². The summed E-state index contributed by atoms with van der Waals surface area (Å²) in [6.07, 6.45) is 3.11. The van der Waals surface area contributed by atoms with Crippen molar-refractivity contribution in [3.8, 4) is 0 Å². The number of aryl methyl sites for hydroxylation is 1. The summed E-state index contributed by atoms with van der Waals surface area (Å²) in [6.45, 7) is 5.23. The second kappa shape index (κ2) is 7.67. The average Bonchev–Trinajstić information content (AvgIpc) is 3.53. The van der Waals surface area contributed by atoms with Gasteiger partial charge in [-0.2, -0.15) is 14.6 Å². The van der Waals surface area contributed by atoms with Gasteiger partial charge < -0.3 is 14.7 Å². The van der Waals surface area contributed by atoms with E-state index in [0.29, 0.717) is 43.4 Å². The van der Waals surface area contributed by atoms with Crippen LogP contribution in [-0.2, 0) is 4.79 Å². The number of amides is 2. The summed E-state index contributed by atoms with van der Waals surface area (Å²) in [5, 5.41) is 6.18. The zero-order chi connectivity index (χ0) is 20.7. The number of likely N-dealkylation sites (tertiary alicyclic amines) is 1. The van der Waals surface area contributed by atoms with E-state index >= 15 is 0 Å². The van der Waals surface area contributed by atoms with E-state index in [1.165, 1.54) is 17.7 Å². The third-order valence-corrected chi connectivity index (χ3v) is 6.66. The average molecular weight is 426 g/mol. The zero-order valence-electron chi connectivity index (χ0n) is 16.8. The molecule has 9 nitrogen and oxygen atoms in total. The first kappa shape index (κ1) is 19.0. The number of fused-ring (bicyclic) bond motifs is 1. The molecule has 0 bridgehead atoms. The van der Waals surface area contributed by atoms with Gasteiger partial charge in [0.15, 0.2) is 0 Å². The molecule has 0 saturated carbocycles. The van der Waals surface area contributed by atoms with Gasteiger partial charge in [0.2, 0.25) is 5.91 Å². The minimum absolute atomic E-state index is 0.0275. The maximum absolute atomic E-state index is 13.2. The molecule has 3 aromatic rings. The lowest BCUT2D eigenvalue weighted by atomic mass is 10.1. The highest BCUT2D eigenvalue weighted by molar-refractivity contribution is 7.12. The summed E-state index contributed by atoms with van der Waals surface area (Å²) in [4.78, 5) is 41.2. The molecule has 0 unspecified atom stereocenters. The predicted octanol–water partition coefficient (Wildman–Crippen LogP) is 1.45. The SMILES string of the molecule is Cc1cc(N2CCN(C(=O)[C@@H]3CCCN3C(=O)c3cccs3)CC2)n2ncnc2n1. The number of piperazine rings is 1. The van der Waals surface area contributed by atoms with Crippen molar-refractivity contribution in [2.45, 2.75) is 25.8 Å². The number of carbonyl (C=O) groups is 2. The highest BCUT2D eigenvalue weighted by atomic mass is 32.1. The largest absolute Gasteiger partial charge is 0.353 e. The van der Waals surface area contributed by atoms with Crippen LogP contribution in [0.5, 0.6) is 0 Å². The fourth-order valence-electron chi connectivity index (χ4n) is 4.31. The molecule has 2 aliphatic rings. The Balaban J connectivity index is 1.27. The van der Waals surface area contributed by atoms with Crippen molar-refractivity contribution in [2.24, 2.45) is 0 Å². The van der Waals surface area contributed by atoms with Crippen LogP contribution in [0.15, 0.2) is 29.9 Å². The topological polar surface area (TPSA) is 86.9 Å². The minimum atomic E-state index is -0.351. The van der Waals surface area contributed by atoms with Crippen LogP contribution in [0, 0.1) is 6.92 Å². The molecule has 5 rings (SSSR count). The molecule has 0 N–H and O–H groups in total. The van der Waals surface area contributed by atoms with Crippen molar-refractivity contribution >= 4 is 34.7 Å². The molecule has 0 radical (unpaired) electrons. The molecule has 156 valence electrons. The maximum atomic E-state index is 13.2. The van der Waals surface area contributed by atoms with Gasteiger partial charge in [-0.3, -0.25) is 9.59 Å². The molecule has 2 aliphatic heterocycles. The number of nitrogens with zero attached hydrogens (tertiary/aromatic N) is 7. The van der Waals surface area contributed by atoms with Gasteiger partial charge in [0, 0.05) is 44.5 Å². The lowest BCUT2D eigenvalue weighted by Crippen LogP contribution is -2.54. The van der Waals surface area contributed by atoms with Crippen molar-refractivity contribution in [1.29, 1.82) is 0 Å². The highest BCUT2D eigenvalue weighted by Crippen LogP contribution is 2.25. The third-order valence-electron chi connectivity index (χ3n) is 5.81. The summed E-state index contributed by atoms with van der Waals surface area (Å²) in [5.74, 6) is 1.56. The number of hydrogen-bond acceptors (Lipinski definition) is 7. The van der Waals surface area contributed by atoms with E-state index in [0.717, 1.165) is 24.4 Å². The number of aromatic nitrogens is 4. The number of rotatable bonds is 3. The second-order valence-electron chi connectivity index (χ2n) is 7.67. The summed E-state index contributed by atoms with van der Waals surface area (Å²) < 4.78 is 1.74. The van der Waals surface area contributed by atoms with Gasteiger partial charge in [-0.1, -0.05) is 6.07 Å². The summed E-state index contributed by atoms with van der Waals surface area (Å²) in [7, 11) is 0. The number of thiophene rings is 1. The molecule has 3 aromatic heterocycles. The zero-order valence-corrected chi connectivity index (χ0v) is 17.6. The second-order valence-corrected chi connectivity index (χ2v) is 8.62. The monoisotopic (exact) mass is 425 g/mol. The third kappa shape index (κ3) is 3.30. The van der Waals surface area contributed by atoms with Crippen LogP contribution >= 0.6 is 11.3 Å². The lowest BCUT2D eigenvalue weighted by Gasteiger charge is -2.38. The van der Waals surface area contributed by atoms with Crippen molar-refractivity contribution in [2.75, 3.05) is 37.6 Å². The summed E-state index contributed by atoms with van der Waals surface area (Å²) in [6, 6.07) is 5.35. The van der Waals surface area contributed by atoms with Crippen LogP contribution in [0.25, 0.3) is 5.78 Å². The van der Waals surface area contributed by atoms with Crippen LogP contribution < -0.4 is 4.90 Å². The number of anilines is 1. The van der Waals surface area contributed by atoms with Gasteiger partial charge in [-0.15, -0.1) is 11.3 Å². The van der Waals surface area contributed by atoms with E-state index < -0.39 is 0 Å². The van der Waals surface area contributed by atoms with Crippen LogP contribution in [0.4, 0.5) is 5.82 Å². The van der Waals surface area contributed by atoms with Gasteiger partial charge in [-0.25, -0.2) is 4.98 Å². The first-order valence-corrected chi connectivity index (χ1v) is 11.1. The van der Waals surface area contributed by atoms with Crippen molar-refractivity contribution in [3.63, 3.8) is 0 Å². The number of hydrogen-bond donors (Lipinski definition) is 0. The maximum Gasteiger partial charge on any atom is 0.264 e. The van der Waals surface area contributed by atoms with Crippen molar-refractivity contribution in [1.82, 2.24) is 29.4 Å². The molecule has 10 heteroatoms. The van der Waals surface area contributed by atoms with E-state index in [1.807, 2.05) is 35.4 Å². The molecule has 30 heavy (non-hydrogen) atoms. The van der Waals surface area contributed by atoms with E-state index in [9.17, 15) is 9.59 Å². The molecule has 0 spiro atoms. The van der Waals surface area contributed by atoms with Gasteiger partial charge in [0.1, 0.15) is 18.2 Å². The lowest BCUT2D eigenvalue weighted by molar-refractivity contribution is -0.135.